The maximum absolute atomic E-state index is 5.51. The Kier molecular flexibility index (Phi) is 9.33. The van der Waals surface area contributed by atoms with Gasteiger partial charge in [-0.25, -0.2) is 0 Å². The third-order valence-corrected chi connectivity index (χ3v) is 3.33. The lowest BCUT2D eigenvalue weighted by molar-refractivity contribution is 0.431. The van der Waals surface area contributed by atoms with Crippen LogP contribution in [0.4, 0.5) is 0 Å². The summed E-state index contributed by atoms with van der Waals surface area (Å²) in [7, 11) is 1.88. The molecule has 1 aromatic rings. The minimum Gasteiger partial charge on any atom is -0.424 e. The smallest absolute Gasteiger partial charge is 0.230 e. The molecule has 0 unspecified atom stereocenters. The van der Waals surface area contributed by atoms with Gasteiger partial charge in [-0.15, -0.1) is 10.2 Å². The van der Waals surface area contributed by atoms with Crippen molar-refractivity contribution >= 4 is 0 Å². The summed E-state index contributed by atoms with van der Waals surface area (Å²) in [5.41, 5.74) is 0. The molecule has 4 nitrogen and oxygen atoms in total. The molecule has 0 saturated heterocycles. The van der Waals surface area contributed by atoms with Gasteiger partial charge < -0.3 is 9.73 Å². The average Bonchev–Trinajstić information content (AvgIpc) is 2.85. The zero-order valence-electron chi connectivity index (χ0n) is 12.6. The summed E-state index contributed by atoms with van der Waals surface area (Å²) in [6.45, 7) is 2.92. The molecule has 0 atom stereocenters. The Labute approximate surface area is 117 Å². The summed E-state index contributed by atoms with van der Waals surface area (Å²) < 4.78 is 5.51. The van der Waals surface area contributed by atoms with E-state index in [1.54, 1.807) is 0 Å². The van der Waals surface area contributed by atoms with Crippen LogP contribution in [0, 0.1) is 0 Å². The van der Waals surface area contributed by atoms with Crippen LogP contribution in [0.1, 0.15) is 76.5 Å². The Balaban J connectivity index is 1.92. The third kappa shape index (κ3) is 7.98. The first-order chi connectivity index (χ1) is 9.36. The lowest BCUT2D eigenvalue weighted by Crippen LogP contribution is -2.04. The Hall–Kier alpha value is -0.900. The number of aromatic nitrogens is 2. The number of nitrogens with one attached hydrogen (secondary N) is 1. The predicted molar refractivity (Wildman–Crippen MR) is 78.0 cm³/mol. The first kappa shape index (κ1) is 16.2. The fourth-order valence-electron chi connectivity index (χ4n) is 2.20. The monoisotopic (exact) mass is 267 g/mol. The van der Waals surface area contributed by atoms with Crippen molar-refractivity contribution in [1.29, 1.82) is 0 Å². The fraction of sp³-hybridized carbons (Fsp3) is 0.867. The Morgan fingerprint density at radius 3 is 2.05 bits per heavy atom. The van der Waals surface area contributed by atoms with Gasteiger partial charge in [-0.3, -0.25) is 0 Å². The van der Waals surface area contributed by atoms with Crippen molar-refractivity contribution in [3.05, 3.63) is 11.8 Å². The maximum atomic E-state index is 5.51. The Morgan fingerprint density at radius 1 is 0.842 bits per heavy atom. The van der Waals surface area contributed by atoms with E-state index in [1.165, 1.54) is 51.4 Å². The van der Waals surface area contributed by atoms with Crippen LogP contribution in [0.2, 0.25) is 0 Å². The lowest BCUT2D eigenvalue weighted by atomic mass is 10.1. The molecule has 0 bridgehead atoms. The molecule has 1 rings (SSSR count). The van der Waals surface area contributed by atoms with Crippen molar-refractivity contribution in [1.82, 2.24) is 15.5 Å². The standard InChI is InChI=1S/C15H29N3O/c1-3-4-5-6-7-8-9-10-11-12-14-17-18-15(19-14)13-16-2/h16H,3-13H2,1-2H3. The van der Waals surface area contributed by atoms with Gasteiger partial charge in [-0.2, -0.15) is 0 Å². The van der Waals surface area contributed by atoms with E-state index in [9.17, 15) is 0 Å². The molecule has 4 heteroatoms. The van der Waals surface area contributed by atoms with Crippen LogP contribution in [-0.2, 0) is 13.0 Å². The van der Waals surface area contributed by atoms with Crippen molar-refractivity contribution in [2.45, 2.75) is 77.7 Å². The van der Waals surface area contributed by atoms with Crippen molar-refractivity contribution in [2.24, 2.45) is 0 Å². The summed E-state index contributed by atoms with van der Waals surface area (Å²) in [5.74, 6) is 1.47. The van der Waals surface area contributed by atoms with Gasteiger partial charge in [0.05, 0.1) is 6.54 Å². The van der Waals surface area contributed by atoms with Gasteiger partial charge in [0, 0.05) is 6.42 Å². The Morgan fingerprint density at radius 2 is 1.42 bits per heavy atom. The number of rotatable bonds is 12. The molecule has 19 heavy (non-hydrogen) atoms. The first-order valence-electron chi connectivity index (χ1n) is 7.82. The van der Waals surface area contributed by atoms with Crippen LogP contribution < -0.4 is 5.32 Å². The molecule has 0 radical (unpaired) electrons. The van der Waals surface area contributed by atoms with Crippen LogP contribution in [0.5, 0.6) is 0 Å². The normalized spacial score (nSPS) is 11.1. The summed E-state index contributed by atoms with van der Waals surface area (Å²) in [6.07, 6.45) is 13.0. The highest BCUT2D eigenvalue weighted by atomic mass is 16.4. The van der Waals surface area contributed by atoms with Crippen LogP contribution in [0.25, 0.3) is 0 Å². The van der Waals surface area contributed by atoms with E-state index in [2.05, 4.69) is 22.4 Å². The summed E-state index contributed by atoms with van der Waals surface area (Å²) in [6, 6.07) is 0. The van der Waals surface area contributed by atoms with Crippen LogP contribution in [0.3, 0.4) is 0 Å². The zero-order chi connectivity index (χ0) is 13.8. The topological polar surface area (TPSA) is 51.0 Å². The fourth-order valence-corrected chi connectivity index (χ4v) is 2.20. The molecule has 0 aromatic carbocycles. The molecular weight excluding hydrogens is 238 g/mol. The van der Waals surface area contributed by atoms with E-state index in [4.69, 9.17) is 4.42 Å². The molecule has 1 N–H and O–H groups in total. The molecule has 0 fully saturated rings. The molecular formula is C15H29N3O. The van der Waals surface area contributed by atoms with E-state index >= 15 is 0 Å². The number of aryl methyl sites for hydroxylation is 1. The highest BCUT2D eigenvalue weighted by Crippen LogP contribution is 2.11. The molecule has 0 aliphatic heterocycles. The van der Waals surface area contributed by atoms with Gasteiger partial charge in [0.2, 0.25) is 11.8 Å². The van der Waals surface area contributed by atoms with Gasteiger partial charge in [-0.05, 0) is 13.5 Å². The van der Waals surface area contributed by atoms with E-state index in [1.807, 2.05) is 7.05 Å². The molecule has 0 saturated carbocycles. The third-order valence-electron chi connectivity index (χ3n) is 3.33. The van der Waals surface area contributed by atoms with Gasteiger partial charge in [-0.1, -0.05) is 58.3 Å². The number of hydrogen-bond donors (Lipinski definition) is 1. The van der Waals surface area contributed by atoms with Crippen molar-refractivity contribution in [3.8, 4) is 0 Å². The Bertz CT molecular complexity index is 312. The van der Waals surface area contributed by atoms with Crippen LogP contribution >= 0.6 is 0 Å². The SMILES string of the molecule is CCCCCCCCCCCc1nnc(CNC)o1. The van der Waals surface area contributed by atoms with Gasteiger partial charge in [0.25, 0.3) is 0 Å². The molecule has 110 valence electrons. The average molecular weight is 267 g/mol. The molecule has 1 heterocycles. The van der Waals surface area contributed by atoms with Crippen LogP contribution in [-0.4, -0.2) is 17.2 Å². The number of hydrogen-bond acceptors (Lipinski definition) is 4. The molecule has 1 aromatic heterocycles. The van der Waals surface area contributed by atoms with Gasteiger partial charge in [0.1, 0.15) is 0 Å². The summed E-state index contributed by atoms with van der Waals surface area (Å²) in [5, 5.41) is 11.0. The number of nitrogens with zero attached hydrogens (tertiary/aromatic N) is 2. The first-order valence-corrected chi connectivity index (χ1v) is 7.82. The highest BCUT2D eigenvalue weighted by molar-refractivity contribution is 4.81. The van der Waals surface area contributed by atoms with Crippen molar-refractivity contribution in [2.75, 3.05) is 7.05 Å². The largest absolute Gasteiger partial charge is 0.424 e. The van der Waals surface area contributed by atoms with Crippen molar-refractivity contribution < 1.29 is 4.42 Å². The lowest BCUT2D eigenvalue weighted by Gasteiger charge is -2.00. The zero-order valence-corrected chi connectivity index (χ0v) is 12.6. The molecule has 0 spiro atoms. The molecule has 0 aliphatic rings. The minimum absolute atomic E-state index is 0.658. The molecule has 0 amide bonds. The minimum atomic E-state index is 0.658. The van der Waals surface area contributed by atoms with E-state index in [0.717, 1.165) is 18.7 Å². The second-order valence-electron chi connectivity index (χ2n) is 5.20. The molecule has 0 aliphatic carbocycles. The predicted octanol–water partition coefficient (Wildman–Crippen LogP) is 3.86. The van der Waals surface area contributed by atoms with E-state index in [0.29, 0.717) is 12.4 Å². The van der Waals surface area contributed by atoms with E-state index < -0.39 is 0 Å². The summed E-state index contributed by atoms with van der Waals surface area (Å²) >= 11 is 0. The van der Waals surface area contributed by atoms with E-state index in [-0.39, 0.29) is 0 Å². The summed E-state index contributed by atoms with van der Waals surface area (Å²) in [4.78, 5) is 0. The second kappa shape index (κ2) is 11.0. The quantitative estimate of drug-likeness (QED) is 0.584. The van der Waals surface area contributed by atoms with Crippen LogP contribution in [0.15, 0.2) is 4.42 Å². The highest BCUT2D eigenvalue weighted by Gasteiger charge is 2.04. The maximum Gasteiger partial charge on any atom is 0.230 e. The van der Waals surface area contributed by atoms with Crippen molar-refractivity contribution in [3.63, 3.8) is 0 Å². The van der Waals surface area contributed by atoms with Gasteiger partial charge in [0.15, 0.2) is 0 Å². The second-order valence-corrected chi connectivity index (χ2v) is 5.20. The number of unbranched alkanes of at least 4 members (excludes halogenated alkanes) is 8. The van der Waals surface area contributed by atoms with Gasteiger partial charge >= 0.3 is 0 Å².